The van der Waals surface area contributed by atoms with Gasteiger partial charge >= 0.3 is 0 Å². The molecule has 1 aromatic rings. The lowest BCUT2D eigenvalue weighted by Gasteiger charge is -2.22. The molecule has 2 N–H and O–H groups in total. The molecule has 0 radical (unpaired) electrons. The molecule has 1 heterocycles. The van der Waals surface area contributed by atoms with E-state index in [1.54, 1.807) is 12.1 Å². The number of ether oxygens (including phenoxy) is 1. The first kappa shape index (κ1) is 10.3. The summed E-state index contributed by atoms with van der Waals surface area (Å²) in [7, 11) is 0. The molecular weight excluding hydrogens is 190 g/mol. The SMILES string of the molecule is Oc1cccc(NCC2CCOCC2)c1. The highest BCUT2D eigenvalue weighted by Crippen LogP contribution is 2.18. The third kappa shape index (κ3) is 3.13. The minimum absolute atomic E-state index is 0.312. The zero-order valence-corrected chi connectivity index (χ0v) is 8.78. The summed E-state index contributed by atoms with van der Waals surface area (Å²) >= 11 is 0. The second kappa shape index (κ2) is 5.03. The maximum Gasteiger partial charge on any atom is 0.117 e. The monoisotopic (exact) mass is 207 g/mol. The molecule has 1 aromatic carbocycles. The van der Waals surface area contributed by atoms with Crippen LogP contribution in [0.25, 0.3) is 0 Å². The molecule has 1 aliphatic rings. The molecule has 0 aromatic heterocycles. The second-order valence-corrected chi connectivity index (χ2v) is 3.99. The van der Waals surface area contributed by atoms with Crippen LogP contribution in [0.4, 0.5) is 5.69 Å². The normalized spacial score (nSPS) is 17.6. The van der Waals surface area contributed by atoms with E-state index in [4.69, 9.17) is 4.74 Å². The van der Waals surface area contributed by atoms with Crippen molar-refractivity contribution >= 4 is 5.69 Å². The molecule has 3 nitrogen and oxygen atoms in total. The van der Waals surface area contributed by atoms with Crippen LogP contribution < -0.4 is 5.32 Å². The summed E-state index contributed by atoms with van der Waals surface area (Å²) in [6.07, 6.45) is 2.26. The van der Waals surface area contributed by atoms with Gasteiger partial charge in [-0.2, -0.15) is 0 Å². The molecule has 3 heteroatoms. The first-order valence-corrected chi connectivity index (χ1v) is 5.45. The quantitative estimate of drug-likeness (QED) is 0.798. The average Bonchev–Trinajstić information content (AvgIpc) is 2.28. The molecule has 0 amide bonds. The fourth-order valence-electron chi connectivity index (χ4n) is 1.83. The Morgan fingerprint density at radius 2 is 2.13 bits per heavy atom. The molecule has 0 unspecified atom stereocenters. The number of aromatic hydroxyl groups is 1. The van der Waals surface area contributed by atoms with Crippen LogP contribution >= 0.6 is 0 Å². The lowest BCUT2D eigenvalue weighted by molar-refractivity contribution is 0.0699. The highest BCUT2D eigenvalue weighted by Gasteiger charge is 2.12. The zero-order valence-electron chi connectivity index (χ0n) is 8.78. The lowest BCUT2D eigenvalue weighted by atomic mass is 10.0. The zero-order chi connectivity index (χ0) is 10.5. The summed E-state index contributed by atoms with van der Waals surface area (Å²) in [4.78, 5) is 0. The van der Waals surface area contributed by atoms with E-state index in [1.165, 1.54) is 0 Å². The van der Waals surface area contributed by atoms with Crippen molar-refractivity contribution in [1.29, 1.82) is 0 Å². The molecule has 1 fully saturated rings. The number of benzene rings is 1. The molecule has 82 valence electrons. The largest absolute Gasteiger partial charge is 0.508 e. The van der Waals surface area contributed by atoms with Gasteiger partial charge in [0, 0.05) is 31.5 Å². The van der Waals surface area contributed by atoms with Crippen molar-refractivity contribution in [2.75, 3.05) is 25.1 Å². The van der Waals surface area contributed by atoms with Crippen LogP contribution in [-0.4, -0.2) is 24.9 Å². The minimum Gasteiger partial charge on any atom is -0.508 e. The van der Waals surface area contributed by atoms with E-state index in [-0.39, 0.29) is 0 Å². The maximum atomic E-state index is 9.29. The Kier molecular flexibility index (Phi) is 3.45. The summed E-state index contributed by atoms with van der Waals surface area (Å²) in [5.74, 6) is 1.01. The van der Waals surface area contributed by atoms with E-state index in [2.05, 4.69) is 5.32 Å². The molecule has 2 rings (SSSR count). The molecule has 0 aliphatic carbocycles. The number of nitrogens with one attached hydrogen (secondary N) is 1. The van der Waals surface area contributed by atoms with Gasteiger partial charge in [0.1, 0.15) is 5.75 Å². The summed E-state index contributed by atoms with van der Waals surface area (Å²) in [5, 5.41) is 12.6. The van der Waals surface area contributed by atoms with Gasteiger partial charge in [-0.1, -0.05) is 6.07 Å². The van der Waals surface area contributed by atoms with Gasteiger partial charge in [0.2, 0.25) is 0 Å². The number of phenolic OH excluding ortho intramolecular Hbond substituents is 1. The van der Waals surface area contributed by atoms with E-state index in [1.807, 2.05) is 12.1 Å². The van der Waals surface area contributed by atoms with Crippen LogP contribution in [0.1, 0.15) is 12.8 Å². The highest BCUT2D eigenvalue weighted by molar-refractivity contribution is 5.47. The number of hydrogen-bond acceptors (Lipinski definition) is 3. The molecule has 15 heavy (non-hydrogen) atoms. The smallest absolute Gasteiger partial charge is 0.117 e. The van der Waals surface area contributed by atoms with Crippen molar-refractivity contribution in [2.45, 2.75) is 12.8 Å². The number of hydrogen-bond donors (Lipinski definition) is 2. The molecule has 0 saturated carbocycles. The van der Waals surface area contributed by atoms with Gasteiger partial charge in [-0.3, -0.25) is 0 Å². The van der Waals surface area contributed by atoms with Crippen molar-refractivity contribution in [2.24, 2.45) is 5.92 Å². The fraction of sp³-hybridized carbons (Fsp3) is 0.500. The third-order valence-corrected chi connectivity index (χ3v) is 2.78. The summed E-state index contributed by atoms with van der Waals surface area (Å²) in [6, 6.07) is 7.25. The Labute approximate surface area is 90.1 Å². The minimum atomic E-state index is 0.312. The molecular formula is C12H17NO2. The summed E-state index contributed by atoms with van der Waals surface area (Å²) in [6.45, 7) is 2.73. The Morgan fingerprint density at radius 1 is 1.33 bits per heavy atom. The molecule has 1 aliphatic heterocycles. The summed E-state index contributed by atoms with van der Waals surface area (Å²) in [5.41, 5.74) is 0.987. The average molecular weight is 207 g/mol. The highest BCUT2D eigenvalue weighted by atomic mass is 16.5. The van der Waals surface area contributed by atoms with Crippen LogP contribution in [0, 0.1) is 5.92 Å². The Balaban J connectivity index is 1.81. The van der Waals surface area contributed by atoms with Crippen molar-refractivity contribution in [1.82, 2.24) is 0 Å². The predicted molar refractivity (Wildman–Crippen MR) is 60.1 cm³/mol. The van der Waals surface area contributed by atoms with E-state index in [0.29, 0.717) is 11.7 Å². The van der Waals surface area contributed by atoms with Crippen LogP contribution in [0.3, 0.4) is 0 Å². The first-order valence-electron chi connectivity index (χ1n) is 5.45. The van der Waals surface area contributed by atoms with Crippen LogP contribution in [0.5, 0.6) is 5.75 Å². The third-order valence-electron chi connectivity index (χ3n) is 2.78. The van der Waals surface area contributed by atoms with Crippen LogP contribution in [0.15, 0.2) is 24.3 Å². The van der Waals surface area contributed by atoms with E-state index in [9.17, 15) is 5.11 Å². The molecule has 0 bridgehead atoms. The van der Waals surface area contributed by atoms with Crippen LogP contribution in [-0.2, 0) is 4.74 Å². The molecule has 0 atom stereocenters. The molecule has 0 spiro atoms. The van der Waals surface area contributed by atoms with Crippen molar-refractivity contribution in [3.05, 3.63) is 24.3 Å². The Hall–Kier alpha value is -1.22. The number of phenols is 1. The van der Waals surface area contributed by atoms with Crippen molar-refractivity contribution in [3.63, 3.8) is 0 Å². The molecule has 1 saturated heterocycles. The van der Waals surface area contributed by atoms with Crippen molar-refractivity contribution < 1.29 is 9.84 Å². The number of rotatable bonds is 3. The second-order valence-electron chi connectivity index (χ2n) is 3.99. The predicted octanol–water partition coefficient (Wildman–Crippen LogP) is 2.23. The van der Waals surface area contributed by atoms with Gasteiger partial charge in [0.25, 0.3) is 0 Å². The summed E-state index contributed by atoms with van der Waals surface area (Å²) < 4.78 is 5.30. The van der Waals surface area contributed by atoms with Crippen LogP contribution in [0.2, 0.25) is 0 Å². The lowest BCUT2D eigenvalue weighted by Crippen LogP contribution is -2.22. The topological polar surface area (TPSA) is 41.5 Å². The van der Waals surface area contributed by atoms with E-state index < -0.39 is 0 Å². The Morgan fingerprint density at radius 3 is 2.87 bits per heavy atom. The van der Waals surface area contributed by atoms with Gasteiger partial charge in [-0.25, -0.2) is 0 Å². The van der Waals surface area contributed by atoms with Gasteiger partial charge in [0.05, 0.1) is 0 Å². The van der Waals surface area contributed by atoms with Crippen molar-refractivity contribution in [3.8, 4) is 5.75 Å². The van der Waals surface area contributed by atoms with Gasteiger partial charge in [-0.15, -0.1) is 0 Å². The Bertz CT molecular complexity index is 308. The van der Waals surface area contributed by atoms with Gasteiger partial charge in [0.15, 0.2) is 0 Å². The van der Waals surface area contributed by atoms with Gasteiger partial charge < -0.3 is 15.2 Å². The fourth-order valence-corrected chi connectivity index (χ4v) is 1.83. The first-order chi connectivity index (χ1) is 7.34. The number of anilines is 1. The van der Waals surface area contributed by atoms with E-state index in [0.717, 1.165) is 38.3 Å². The standard InChI is InChI=1S/C12H17NO2/c14-12-3-1-2-11(8-12)13-9-10-4-6-15-7-5-10/h1-3,8,10,13-14H,4-7,9H2. The van der Waals surface area contributed by atoms with Gasteiger partial charge in [-0.05, 0) is 30.9 Å². The van der Waals surface area contributed by atoms with E-state index >= 15 is 0 Å². The maximum absolute atomic E-state index is 9.29.